The van der Waals surface area contributed by atoms with E-state index in [2.05, 4.69) is 19.6 Å². The number of phenolic OH excluding ortho intramolecular Hbond substituents is 1. The molecule has 0 fully saturated rings. The highest BCUT2D eigenvalue weighted by Gasteiger charge is 2.24. The maximum atomic E-state index is 12.0. The summed E-state index contributed by atoms with van der Waals surface area (Å²) < 4.78 is 109. The molecule has 0 aliphatic carbocycles. The minimum Gasteiger partial charge on any atom is -0.507 e. The van der Waals surface area contributed by atoms with Crippen LogP contribution in [0.25, 0.3) is 10.8 Å². The molecule has 3 aromatic carbocycles. The third-order valence-corrected chi connectivity index (χ3v) is 8.09. The number of benzene rings is 3. The van der Waals surface area contributed by atoms with Crippen LogP contribution in [0.2, 0.25) is 0 Å². The lowest BCUT2D eigenvalue weighted by Crippen LogP contribution is -2.04. The summed E-state index contributed by atoms with van der Waals surface area (Å²) in [5, 5.41) is 28.6. The molecule has 0 aliphatic heterocycles. The van der Waals surface area contributed by atoms with Crippen LogP contribution in [-0.4, -0.2) is 55.9 Å². The number of nitrogens with zero attached hydrogens (tertiary/aromatic N) is 2. The van der Waals surface area contributed by atoms with Gasteiger partial charge in [0.2, 0.25) is 0 Å². The number of hydrogen-bond acceptors (Lipinski definition) is 15. The van der Waals surface area contributed by atoms with Crippen LogP contribution in [0.3, 0.4) is 0 Å². The number of aromatic hydroxyl groups is 1. The number of anilines is 1. The van der Waals surface area contributed by atoms with Crippen LogP contribution in [0.4, 0.5) is 17.1 Å². The first-order chi connectivity index (χ1) is 18.5. The minimum atomic E-state index is -5.04. The highest BCUT2D eigenvalue weighted by Crippen LogP contribution is 2.44. The van der Waals surface area contributed by atoms with E-state index in [1.54, 1.807) is 0 Å². The topological polar surface area (TPSA) is 282 Å². The summed E-state index contributed by atoms with van der Waals surface area (Å²) in [7, 11) is -14.8. The molecule has 0 unspecified atom stereocenters. The van der Waals surface area contributed by atoms with Crippen molar-refractivity contribution in [2.24, 2.45) is 10.2 Å². The van der Waals surface area contributed by atoms with Crippen molar-refractivity contribution in [2.75, 3.05) is 12.3 Å². The molecule has 218 valence electrons. The van der Waals surface area contributed by atoms with Crippen LogP contribution in [0.15, 0.2) is 61.3 Å². The van der Waals surface area contributed by atoms with Crippen molar-refractivity contribution < 1.29 is 62.8 Å². The number of nitrogen functional groups attached to an aromatic ring is 1. The monoisotopic (exact) mass is 641 g/mol. The molecular formula is C19H19N3O14S4. The Labute approximate surface area is 230 Å². The van der Waals surface area contributed by atoms with Gasteiger partial charge in [-0.15, -0.1) is 14.6 Å². The average Bonchev–Trinajstić information content (AvgIpc) is 2.84. The zero-order valence-electron chi connectivity index (χ0n) is 19.6. The fourth-order valence-corrected chi connectivity index (χ4v) is 5.55. The normalized spacial score (nSPS) is 12.9. The molecule has 0 radical (unpaired) electrons. The number of fused-ring (bicyclic) bond motifs is 1. The van der Waals surface area contributed by atoms with Crippen LogP contribution in [0.5, 0.6) is 5.75 Å². The molecule has 0 spiro atoms. The largest absolute Gasteiger partial charge is 0.507 e. The molecule has 7 N–H and O–H groups in total. The van der Waals surface area contributed by atoms with Gasteiger partial charge in [0.15, 0.2) is 12.3 Å². The molecule has 17 nitrogen and oxygen atoms in total. The van der Waals surface area contributed by atoms with Gasteiger partial charge in [0, 0.05) is 6.07 Å². The molecule has 0 amide bonds. The number of nitrogens with two attached hydrogens (primary N) is 1. The van der Waals surface area contributed by atoms with Gasteiger partial charge in [0.1, 0.15) is 26.9 Å². The molecule has 0 aliphatic rings. The number of phenols is 1. The van der Waals surface area contributed by atoms with Crippen molar-refractivity contribution in [1.29, 1.82) is 0 Å². The van der Waals surface area contributed by atoms with Gasteiger partial charge in [-0.3, -0.25) is 17.8 Å². The van der Waals surface area contributed by atoms with Crippen LogP contribution in [0.1, 0.15) is 12.0 Å². The molecular weight excluding hydrogens is 622 g/mol. The Morgan fingerprint density at radius 3 is 2.15 bits per heavy atom. The molecule has 0 aromatic heterocycles. The fraction of sp³-hybridized carbons (Fsp3) is 0.158. The smallest absolute Gasteiger partial charge is 0.296 e. The first kappa shape index (κ1) is 31.6. The van der Waals surface area contributed by atoms with E-state index >= 15 is 0 Å². The maximum absolute atomic E-state index is 12.0. The standard InChI is InChI=1S/C19H19N3O14S4/c20-18-16(40(31,32)33)8-11-7-12(38(25,26)27)9-14(23)17(11)19(18)22-21-13-4-3-10(6-15(13)39(28,29)30)2-1-5-34-37-36-35-24/h3-4,6-9,23-24H,1-2,5,20H2,(H,25,26,27)(H,28,29,30)(H,31,32,33). The van der Waals surface area contributed by atoms with Crippen molar-refractivity contribution >= 4 is 70.5 Å². The zero-order valence-corrected chi connectivity index (χ0v) is 22.9. The zero-order chi connectivity index (χ0) is 29.9. The second-order valence-electron chi connectivity index (χ2n) is 7.74. The van der Waals surface area contributed by atoms with Gasteiger partial charge in [-0.2, -0.15) is 25.3 Å². The van der Waals surface area contributed by atoms with Gasteiger partial charge in [0.25, 0.3) is 30.4 Å². The highest BCUT2D eigenvalue weighted by molar-refractivity contribution is 7.89. The van der Waals surface area contributed by atoms with Crippen molar-refractivity contribution in [2.45, 2.75) is 27.5 Å². The lowest BCUT2D eigenvalue weighted by Gasteiger charge is -2.12. The van der Waals surface area contributed by atoms with Crippen molar-refractivity contribution in [3.63, 3.8) is 0 Å². The van der Waals surface area contributed by atoms with E-state index in [9.17, 15) is 44.0 Å². The maximum Gasteiger partial charge on any atom is 0.296 e. The lowest BCUT2D eigenvalue weighted by molar-refractivity contribution is -0.434. The molecule has 3 rings (SSSR count). The summed E-state index contributed by atoms with van der Waals surface area (Å²) in [6, 6.07) is 5.76. The summed E-state index contributed by atoms with van der Waals surface area (Å²) in [5.74, 6) is -0.839. The van der Waals surface area contributed by atoms with E-state index in [0.29, 0.717) is 30.4 Å². The SMILES string of the molecule is Nc1c(S(=O)(=O)O)cc2cc(S(=O)(=O)O)cc(O)c2c1N=Nc1ccc(CCCOSOOO)cc1S(=O)(=O)O. The van der Waals surface area contributed by atoms with E-state index in [0.717, 1.165) is 24.3 Å². The van der Waals surface area contributed by atoms with E-state index in [1.165, 1.54) is 6.07 Å². The van der Waals surface area contributed by atoms with Crippen molar-refractivity contribution in [3.8, 4) is 5.75 Å². The highest BCUT2D eigenvalue weighted by atomic mass is 32.2. The molecule has 0 atom stereocenters. The Kier molecular flexibility index (Phi) is 9.69. The Balaban J connectivity index is 2.12. The number of aryl methyl sites for hydroxylation is 1. The first-order valence-electron chi connectivity index (χ1n) is 10.4. The summed E-state index contributed by atoms with van der Waals surface area (Å²) in [4.78, 5) is -2.48. The van der Waals surface area contributed by atoms with Crippen molar-refractivity contribution in [1.82, 2.24) is 0 Å². The lowest BCUT2D eigenvalue weighted by atomic mass is 10.1. The van der Waals surface area contributed by atoms with Gasteiger partial charge < -0.3 is 10.8 Å². The van der Waals surface area contributed by atoms with Gasteiger partial charge in [0.05, 0.1) is 22.6 Å². The minimum absolute atomic E-state index is 0.0932. The summed E-state index contributed by atoms with van der Waals surface area (Å²) in [6.45, 7) is 0.0932. The molecule has 0 saturated carbocycles. The third kappa shape index (κ3) is 7.61. The molecule has 0 bridgehead atoms. The summed E-state index contributed by atoms with van der Waals surface area (Å²) in [5.41, 5.74) is 4.47. The molecule has 21 heteroatoms. The number of hydrogen-bond donors (Lipinski definition) is 6. The van der Waals surface area contributed by atoms with Gasteiger partial charge >= 0.3 is 0 Å². The van der Waals surface area contributed by atoms with Crippen LogP contribution in [0, 0.1) is 0 Å². The summed E-state index contributed by atoms with van der Waals surface area (Å²) in [6.07, 6.45) is 0.585. The van der Waals surface area contributed by atoms with E-state index in [1.807, 2.05) is 0 Å². The molecule has 0 saturated heterocycles. The van der Waals surface area contributed by atoms with Crippen LogP contribution >= 0.6 is 12.3 Å². The van der Waals surface area contributed by atoms with Gasteiger partial charge in [-0.25, -0.2) is 5.26 Å². The van der Waals surface area contributed by atoms with E-state index in [4.69, 9.17) is 15.2 Å². The molecule has 40 heavy (non-hydrogen) atoms. The van der Waals surface area contributed by atoms with Crippen molar-refractivity contribution in [3.05, 3.63) is 42.0 Å². The Hall–Kier alpha value is -2.96. The Morgan fingerprint density at radius 2 is 1.55 bits per heavy atom. The first-order valence-corrected chi connectivity index (χ1v) is 15.4. The predicted molar refractivity (Wildman–Crippen MR) is 137 cm³/mol. The summed E-state index contributed by atoms with van der Waals surface area (Å²) >= 11 is 0.351. The quantitative estimate of drug-likeness (QED) is 0.0315. The fourth-order valence-electron chi connectivity index (χ4n) is 3.44. The number of azo groups is 1. The molecule has 3 aromatic rings. The van der Waals surface area contributed by atoms with Gasteiger partial charge in [-0.1, -0.05) is 11.1 Å². The van der Waals surface area contributed by atoms with Gasteiger partial charge in [-0.05, 0) is 48.1 Å². The van der Waals surface area contributed by atoms with E-state index in [-0.39, 0.29) is 23.8 Å². The third-order valence-electron chi connectivity index (χ3n) is 5.10. The average molecular weight is 642 g/mol. The second-order valence-corrected chi connectivity index (χ2v) is 12.5. The Bertz CT molecular complexity index is 1790. The number of rotatable bonds is 12. The predicted octanol–water partition coefficient (Wildman–Crippen LogP) is 3.22. The Morgan fingerprint density at radius 1 is 0.875 bits per heavy atom. The van der Waals surface area contributed by atoms with Crippen LogP contribution in [-0.2, 0) is 50.3 Å². The van der Waals surface area contributed by atoms with E-state index < -0.39 is 67.9 Å². The second kappa shape index (κ2) is 12.3. The molecule has 0 heterocycles. The van der Waals surface area contributed by atoms with Crippen LogP contribution < -0.4 is 5.73 Å².